The van der Waals surface area contributed by atoms with Crippen molar-refractivity contribution in [3.05, 3.63) is 40.4 Å². The van der Waals surface area contributed by atoms with E-state index in [-0.39, 0.29) is 5.91 Å². The number of amides is 1. The molecule has 2 aliphatic rings. The Bertz CT molecular complexity index is 1070. The lowest BCUT2D eigenvalue weighted by atomic mass is 9.89. The van der Waals surface area contributed by atoms with Gasteiger partial charge in [-0.25, -0.2) is 9.97 Å². The van der Waals surface area contributed by atoms with Crippen LogP contribution in [0.15, 0.2) is 22.8 Å². The van der Waals surface area contributed by atoms with Crippen molar-refractivity contribution in [3.63, 3.8) is 0 Å². The molecule has 0 radical (unpaired) electrons. The van der Waals surface area contributed by atoms with Gasteiger partial charge in [0.05, 0.1) is 11.6 Å². The Morgan fingerprint density at radius 1 is 1.26 bits per heavy atom. The lowest BCUT2D eigenvalue weighted by molar-refractivity contribution is 0.0714. The van der Waals surface area contributed by atoms with Crippen LogP contribution in [0.3, 0.4) is 0 Å². The van der Waals surface area contributed by atoms with Crippen LogP contribution in [0.4, 0.5) is 5.82 Å². The van der Waals surface area contributed by atoms with Crippen molar-refractivity contribution in [1.29, 1.82) is 0 Å². The molecule has 0 bridgehead atoms. The Balaban J connectivity index is 1.45. The number of aromatic nitrogens is 2. The Labute approximate surface area is 187 Å². The molecule has 6 nitrogen and oxygen atoms in total. The highest BCUT2D eigenvalue weighted by molar-refractivity contribution is 7.19. The smallest absolute Gasteiger partial charge is 0.289 e. The normalized spacial score (nSPS) is 19.1. The molecule has 3 aromatic heterocycles. The third kappa shape index (κ3) is 3.95. The van der Waals surface area contributed by atoms with Gasteiger partial charge in [0.1, 0.15) is 16.5 Å². The van der Waals surface area contributed by atoms with Crippen LogP contribution in [0.1, 0.15) is 59.9 Å². The summed E-state index contributed by atoms with van der Waals surface area (Å²) in [6, 6.07) is 3.50. The first-order valence-corrected chi connectivity index (χ1v) is 12.3. The molecule has 1 aliphatic carbocycles. The van der Waals surface area contributed by atoms with Gasteiger partial charge in [0.25, 0.3) is 5.91 Å². The molecule has 1 amide bonds. The first-order chi connectivity index (χ1) is 15.1. The number of anilines is 1. The molecule has 1 fully saturated rings. The second-order valence-electron chi connectivity index (χ2n) is 8.86. The summed E-state index contributed by atoms with van der Waals surface area (Å²) in [5, 5.41) is 1.28. The molecule has 0 saturated carbocycles. The molecule has 1 atom stereocenters. The van der Waals surface area contributed by atoms with Crippen molar-refractivity contribution in [2.75, 3.05) is 31.1 Å². The van der Waals surface area contributed by atoms with Crippen molar-refractivity contribution in [3.8, 4) is 0 Å². The van der Waals surface area contributed by atoms with Crippen LogP contribution in [0, 0.1) is 5.92 Å². The van der Waals surface area contributed by atoms with Gasteiger partial charge < -0.3 is 14.2 Å². The number of unbranched alkanes of at least 4 members (excludes halogenated alkanes) is 1. The minimum Gasteiger partial charge on any atom is -0.459 e. The van der Waals surface area contributed by atoms with E-state index in [9.17, 15) is 4.79 Å². The average Bonchev–Trinajstić information content (AvgIpc) is 3.44. The molecule has 5 rings (SSSR count). The molecule has 1 aliphatic heterocycles. The number of carbonyl (C=O) groups is 1. The summed E-state index contributed by atoms with van der Waals surface area (Å²) in [7, 11) is 0. The van der Waals surface area contributed by atoms with Crippen LogP contribution in [0.5, 0.6) is 0 Å². The minimum atomic E-state index is -0.0250. The van der Waals surface area contributed by atoms with E-state index in [0.29, 0.717) is 18.8 Å². The standard InChI is InChI=1S/C24H30N4O2S/c1-3-4-7-20-25-22(21-17-9-8-16(2)15-19(17)31-23(21)26-20)27-10-12-28(13-11-27)24(29)18-6-5-14-30-18/h5-6,14,16H,3-4,7-13,15H2,1-2H3/t16-/m1/s1. The zero-order chi connectivity index (χ0) is 21.4. The van der Waals surface area contributed by atoms with Crippen molar-refractivity contribution < 1.29 is 9.21 Å². The van der Waals surface area contributed by atoms with Gasteiger partial charge in [-0.15, -0.1) is 11.3 Å². The second kappa shape index (κ2) is 8.61. The molecule has 3 aromatic rings. The third-order valence-electron chi connectivity index (χ3n) is 6.53. The highest BCUT2D eigenvalue weighted by atomic mass is 32.1. The number of carbonyl (C=O) groups excluding carboxylic acids is 1. The maximum Gasteiger partial charge on any atom is 0.289 e. The zero-order valence-corrected chi connectivity index (χ0v) is 19.2. The number of piperazine rings is 1. The number of aryl methyl sites for hydroxylation is 2. The highest BCUT2D eigenvalue weighted by Gasteiger charge is 2.29. The molecule has 0 N–H and O–H groups in total. The SMILES string of the molecule is CCCCc1nc(N2CCN(C(=O)c3ccco3)CC2)c2c3c(sc2n1)C[C@H](C)CC3. The van der Waals surface area contributed by atoms with Gasteiger partial charge in [0, 0.05) is 37.5 Å². The summed E-state index contributed by atoms with van der Waals surface area (Å²) >= 11 is 1.88. The van der Waals surface area contributed by atoms with Crippen LogP contribution >= 0.6 is 11.3 Å². The second-order valence-corrected chi connectivity index (χ2v) is 9.94. The fourth-order valence-corrected chi connectivity index (χ4v) is 6.12. The van der Waals surface area contributed by atoms with E-state index in [4.69, 9.17) is 14.4 Å². The largest absolute Gasteiger partial charge is 0.459 e. The predicted molar refractivity (Wildman–Crippen MR) is 124 cm³/mol. The van der Waals surface area contributed by atoms with Crippen LogP contribution in [-0.2, 0) is 19.3 Å². The monoisotopic (exact) mass is 438 g/mol. The van der Waals surface area contributed by atoms with Gasteiger partial charge in [-0.1, -0.05) is 20.3 Å². The Kier molecular flexibility index (Phi) is 5.69. The van der Waals surface area contributed by atoms with Crippen LogP contribution < -0.4 is 4.90 Å². The molecule has 0 spiro atoms. The van der Waals surface area contributed by atoms with E-state index in [1.807, 2.05) is 16.2 Å². The Morgan fingerprint density at radius 3 is 2.84 bits per heavy atom. The number of furan rings is 1. The number of rotatable bonds is 5. The lowest BCUT2D eigenvalue weighted by Gasteiger charge is -2.35. The molecular weight excluding hydrogens is 408 g/mol. The molecule has 31 heavy (non-hydrogen) atoms. The molecule has 7 heteroatoms. The van der Waals surface area contributed by atoms with Crippen LogP contribution in [0.25, 0.3) is 10.2 Å². The van der Waals surface area contributed by atoms with Crippen molar-refractivity contribution in [2.24, 2.45) is 5.92 Å². The number of nitrogens with zero attached hydrogens (tertiary/aromatic N) is 4. The summed E-state index contributed by atoms with van der Waals surface area (Å²) in [4.78, 5) is 29.6. The minimum absolute atomic E-state index is 0.0250. The predicted octanol–water partition coefficient (Wildman–Crippen LogP) is 4.71. The third-order valence-corrected chi connectivity index (χ3v) is 7.68. The van der Waals surface area contributed by atoms with Gasteiger partial charge in [0.15, 0.2) is 5.76 Å². The maximum absolute atomic E-state index is 12.7. The quantitative estimate of drug-likeness (QED) is 0.577. The fourth-order valence-electron chi connectivity index (χ4n) is 4.72. The molecule has 0 aromatic carbocycles. The van der Waals surface area contributed by atoms with Crippen molar-refractivity contribution in [1.82, 2.24) is 14.9 Å². The topological polar surface area (TPSA) is 62.5 Å². The van der Waals surface area contributed by atoms with E-state index < -0.39 is 0 Å². The van der Waals surface area contributed by atoms with Gasteiger partial charge in [-0.2, -0.15) is 0 Å². The lowest BCUT2D eigenvalue weighted by Crippen LogP contribution is -2.49. The van der Waals surface area contributed by atoms with Gasteiger partial charge in [0.2, 0.25) is 0 Å². The van der Waals surface area contributed by atoms with Gasteiger partial charge >= 0.3 is 0 Å². The van der Waals surface area contributed by atoms with Crippen molar-refractivity contribution in [2.45, 2.75) is 52.4 Å². The Hall–Kier alpha value is -2.41. The van der Waals surface area contributed by atoms with E-state index in [1.54, 1.807) is 18.4 Å². The van der Waals surface area contributed by atoms with E-state index in [2.05, 4.69) is 18.7 Å². The zero-order valence-electron chi connectivity index (χ0n) is 18.4. The first kappa shape index (κ1) is 20.5. The molecule has 4 heterocycles. The summed E-state index contributed by atoms with van der Waals surface area (Å²) in [6.45, 7) is 7.48. The number of hydrogen-bond donors (Lipinski definition) is 0. The Morgan fingerprint density at radius 2 is 2.10 bits per heavy atom. The van der Waals surface area contributed by atoms with Crippen LogP contribution in [0.2, 0.25) is 0 Å². The van der Waals surface area contributed by atoms with Gasteiger partial charge in [-0.3, -0.25) is 4.79 Å². The van der Waals surface area contributed by atoms with Gasteiger partial charge in [-0.05, 0) is 49.3 Å². The maximum atomic E-state index is 12.7. The number of hydrogen-bond acceptors (Lipinski definition) is 6. The molecular formula is C24H30N4O2S. The highest BCUT2D eigenvalue weighted by Crippen LogP contribution is 2.41. The molecule has 164 valence electrons. The fraction of sp³-hybridized carbons (Fsp3) is 0.542. The summed E-state index contributed by atoms with van der Waals surface area (Å²) in [5.41, 5.74) is 1.48. The summed E-state index contributed by atoms with van der Waals surface area (Å²) < 4.78 is 5.31. The average molecular weight is 439 g/mol. The summed E-state index contributed by atoms with van der Waals surface area (Å²) in [6.07, 6.45) is 8.25. The van der Waals surface area contributed by atoms with Crippen molar-refractivity contribution >= 4 is 33.3 Å². The number of thiophene rings is 1. The molecule has 1 saturated heterocycles. The van der Waals surface area contributed by atoms with E-state index in [1.165, 1.54) is 22.2 Å². The first-order valence-electron chi connectivity index (χ1n) is 11.5. The van der Waals surface area contributed by atoms with Crippen LogP contribution in [-0.4, -0.2) is 47.0 Å². The van der Waals surface area contributed by atoms with E-state index in [0.717, 1.165) is 67.6 Å². The molecule has 0 unspecified atom stereocenters. The van der Waals surface area contributed by atoms with E-state index >= 15 is 0 Å². The number of fused-ring (bicyclic) bond motifs is 3. The summed E-state index contributed by atoms with van der Waals surface area (Å²) in [5.74, 6) is 3.19.